The van der Waals surface area contributed by atoms with E-state index in [0.717, 1.165) is 5.56 Å². The van der Waals surface area contributed by atoms with E-state index < -0.39 is 12.1 Å². The Balaban J connectivity index is 1.69. The molecule has 2 aromatic carbocycles. The van der Waals surface area contributed by atoms with E-state index in [0.29, 0.717) is 35.7 Å². The highest BCUT2D eigenvalue weighted by molar-refractivity contribution is 6.03. The summed E-state index contributed by atoms with van der Waals surface area (Å²) < 4.78 is 6.00. The molecular formula is C29H36N4O4. The zero-order valence-corrected chi connectivity index (χ0v) is 22.2. The van der Waals surface area contributed by atoms with Crippen LogP contribution < -0.4 is 15.4 Å². The molecule has 2 heterocycles. The summed E-state index contributed by atoms with van der Waals surface area (Å²) in [6.07, 6.45) is 0.531. The molecule has 8 heteroatoms. The topological polar surface area (TPSA) is 91.0 Å². The highest BCUT2D eigenvalue weighted by Crippen LogP contribution is 2.38. The Hall–Kier alpha value is -3.81. The average Bonchev–Trinajstić information content (AvgIpc) is 3.19. The lowest BCUT2D eigenvalue weighted by atomic mass is 9.95. The van der Waals surface area contributed by atoms with Crippen molar-refractivity contribution in [2.45, 2.75) is 59.2 Å². The lowest BCUT2D eigenvalue weighted by molar-refractivity contribution is -0.137. The molecule has 37 heavy (non-hydrogen) atoms. The molecule has 0 saturated heterocycles. The maximum atomic E-state index is 14.0. The van der Waals surface area contributed by atoms with Gasteiger partial charge in [-0.05, 0) is 62.9 Å². The number of ether oxygens (including phenoxy) is 1. The lowest BCUT2D eigenvalue weighted by Gasteiger charge is -2.33. The molecule has 0 saturated carbocycles. The predicted molar refractivity (Wildman–Crippen MR) is 142 cm³/mol. The Bertz CT molecular complexity index is 1190. The van der Waals surface area contributed by atoms with Gasteiger partial charge in [-0.2, -0.15) is 0 Å². The molecule has 4 amide bonds. The van der Waals surface area contributed by atoms with E-state index in [2.05, 4.69) is 10.6 Å². The SMILES string of the molecule is CCN1C(=O)N[C@H](c2cccc(Oc3ccccc3)c2)C2=C1CN([C@H](CC(C)C)C(=O)NC(C)C)C2=O. The van der Waals surface area contributed by atoms with Crippen LogP contribution in [0.3, 0.4) is 0 Å². The van der Waals surface area contributed by atoms with Crippen LogP contribution in [-0.4, -0.2) is 52.8 Å². The molecule has 2 aliphatic rings. The summed E-state index contributed by atoms with van der Waals surface area (Å²) in [4.78, 5) is 43.5. The fourth-order valence-electron chi connectivity index (χ4n) is 4.93. The summed E-state index contributed by atoms with van der Waals surface area (Å²) in [6.45, 7) is 10.4. The van der Waals surface area contributed by atoms with Gasteiger partial charge in [0, 0.05) is 12.6 Å². The Labute approximate surface area is 218 Å². The molecule has 0 spiro atoms. The highest BCUT2D eigenvalue weighted by atomic mass is 16.5. The van der Waals surface area contributed by atoms with Gasteiger partial charge in [0.25, 0.3) is 5.91 Å². The van der Waals surface area contributed by atoms with E-state index in [1.54, 1.807) is 9.80 Å². The largest absolute Gasteiger partial charge is 0.457 e. The van der Waals surface area contributed by atoms with E-state index in [1.165, 1.54) is 0 Å². The monoisotopic (exact) mass is 504 g/mol. The van der Waals surface area contributed by atoms with Gasteiger partial charge >= 0.3 is 6.03 Å². The number of carbonyl (C=O) groups excluding carboxylic acids is 3. The van der Waals surface area contributed by atoms with Crippen LogP contribution in [0.2, 0.25) is 0 Å². The minimum absolute atomic E-state index is 0.0436. The van der Waals surface area contributed by atoms with Crippen molar-refractivity contribution in [3.8, 4) is 11.5 Å². The van der Waals surface area contributed by atoms with Crippen LogP contribution in [-0.2, 0) is 9.59 Å². The van der Waals surface area contributed by atoms with Gasteiger partial charge in [0.15, 0.2) is 0 Å². The van der Waals surface area contributed by atoms with Crippen molar-refractivity contribution in [1.82, 2.24) is 20.4 Å². The summed E-state index contributed by atoms with van der Waals surface area (Å²) in [6, 6.07) is 15.3. The van der Waals surface area contributed by atoms with Crippen molar-refractivity contribution in [3.05, 3.63) is 71.4 Å². The molecule has 0 aliphatic carbocycles. The Morgan fingerprint density at radius 3 is 2.41 bits per heavy atom. The van der Waals surface area contributed by atoms with Crippen LogP contribution >= 0.6 is 0 Å². The molecule has 8 nitrogen and oxygen atoms in total. The van der Waals surface area contributed by atoms with Gasteiger partial charge in [-0.25, -0.2) is 4.79 Å². The van der Waals surface area contributed by atoms with Crippen LogP contribution in [0.4, 0.5) is 4.79 Å². The van der Waals surface area contributed by atoms with Crippen molar-refractivity contribution >= 4 is 17.8 Å². The second-order valence-corrected chi connectivity index (χ2v) is 10.2. The lowest BCUT2D eigenvalue weighted by Crippen LogP contribution is -2.50. The molecule has 0 aromatic heterocycles. The number of urea groups is 1. The van der Waals surface area contributed by atoms with Crippen molar-refractivity contribution < 1.29 is 19.1 Å². The first-order valence-corrected chi connectivity index (χ1v) is 12.9. The number of likely N-dealkylation sites (N-methyl/N-ethyl adjacent to an activating group) is 1. The summed E-state index contributed by atoms with van der Waals surface area (Å²) in [5.41, 5.74) is 1.90. The highest BCUT2D eigenvalue weighted by Gasteiger charge is 2.47. The van der Waals surface area contributed by atoms with Crippen LogP contribution in [0.1, 0.15) is 52.6 Å². The summed E-state index contributed by atoms with van der Waals surface area (Å²) in [5.74, 6) is 1.11. The smallest absolute Gasteiger partial charge is 0.322 e. The molecule has 4 rings (SSSR count). The van der Waals surface area contributed by atoms with Gasteiger partial charge in [0.1, 0.15) is 17.5 Å². The number of rotatable bonds is 9. The Morgan fingerprint density at radius 2 is 1.76 bits per heavy atom. The van der Waals surface area contributed by atoms with E-state index >= 15 is 0 Å². The fraction of sp³-hybridized carbons (Fsp3) is 0.414. The second-order valence-electron chi connectivity index (χ2n) is 10.2. The van der Waals surface area contributed by atoms with Gasteiger partial charge in [-0.3, -0.25) is 14.5 Å². The molecule has 2 aliphatic heterocycles. The van der Waals surface area contributed by atoms with Crippen molar-refractivity contribution in [1.29, 1.82) is 0 Å². The van der Waals surface area contributed by atoms with Gasteiger partial charge in [0.05, 0.1) is 23.9 Å². The van der Waals surface area contributed by atoms with Crippen molar-refractivity contribution in [3.63, 3.8) is 0 Å². The van der Waals surface area contributed by atoms with Crippen LogP contribution in [0.5, 0.6) is 11.5 Å². The van der Waals surface area contributed by atoms with Crippen molar-refractivity contribution in [2.75, 3.05) is 13.1 Å². The predicted octanol–water partition coefficient (Wildman–Crippen LogP) is 4.60. The fourth-order valence-corrected chi connectivity index (χ4v) is 4.93. The van der Waals surface area contributed by atoms with Gasteiger partial charge in [0.2, 0.25) is 5.91 Å². The number of nitrogens with zero attached hydrogens (tertiary/aromatic N) is 2. The molecule has 2 N–H and O–H groups in total. The van der Waals surface area contributed by atoms with E-state index in [1.807, 2.05) is 89.2 Å². The van der Waals surface area contributed by atoms with E-state index in [4.69, 9.17) is 4.74 Å². The summed E-state index contributed by atoms with van der Waals surface area (Å²) in [7, 11) is 0. The molecule has 0 radical (unpaired) electrons. The third kappa shape index (κ3) is 5.63. The number of benzene rings is 2. The van der Waals surface area contributed by atoms with E-state index in [-0.39, 0.29) is 36.3 Å². The summed E-state index contributed by atoms with van der Waals surface area (Å²) >= 11 is 0. The molecule has 2 atom stereocenters. The minimum Gasteiger partial charge on any atom is -0.457 e. The van der Waals surface area contributed by atoms with Gasteiger partial charge < -0.3 is 20.3 Å². The Morgan fingerprint density at radius 1 is 1.05 bits per heavy atom. The third-order valence-corrected chi connectivity index (χ3v) is 6.54. The van der Waals surface area contributed by atoms with Crippen molar-refractivity contribution in [2.24, 2.45) is 5.92 Å². The molecule has 0 fully saturated rings. The van der Waals surface area contributed by atoms with Crippen LogP contribution in [0, 0.1) is 5.92 Å². The number of para-hydroxylation sites is 1. The standard InChI is InChI=1S/C29H36N4O4/c1-6-32-24-17-33(23(15-18(2)3)27(34)30-19(4)5)28(35)25(24)26(31-29(32)36)20-11-10-14-22(16-20)37-21-12-8-7-9-13-21/h7-14,16,18-19,23,26H,6,15,17H2,1-5H3,(H,30,34)(H,31,36)/t23-,26-/m1/s1. The van der Waals surface area contributed by atoms with Crippen LogP contribution in [0.25, 0.3) is 0 Å². The number of hydrogen-bond donors (Lipinski definition) is 2. The zero-order chi connectivity index (χ0) is 26.7. The quantitative estimate of drug-likeness (QED) is 0.522. The third-order valence-electron chi connectivity index (χ3n) is 6.54. The number of nitrogens with one attached hydrogen (secondary N) is 2. The molecule has 0 bridgehead atoms. The Kier molecular flexibility index (Phi) is 7.86. The maximum Gasteiger partial charge on any atom is 0.322 e. The first kappa shape index (κ1) is 26.3. The summed E-state index contributed by atoms with van der Waals surface area (Å²) in [5, 5.41) is 5.98. The normalized spacial score (nSPS) is 18.3. The molecular weight excluding hydrogens is 468 g/mol. The molecule has 0 unspecified atom stereocenters. The average molecular weight is 505 g/mol. The van der Waals surface area contributed by atoms with Crippen LogP contribution in [0.15, 0.2) is 65.9 Å². The van der Waals surface area contributed by atoms with Gasteiger partial charge in [-0.15, -0.1) is 0 Å². The molecule has 2 aromatic rings. The van der Waals surface area contributed by atoms with E-state index in [9.17, 15) is 14.4 Å². The maximum absolute atomic E-state index is 14.0. The first-order chi connectivity index (χ1) is 17.7. The second kappa shape index (κ2) is 11.1. The molecule has 196 valence electrons. The zero-order valence-electron chi connectivity index (χ0n) is 22.2. The minimum atomic E-state index is -0.644. The van der Waals surface area contributed by atoms with Gasteiger partial charge in [-0.1, -0.05) is 44.2 Å². The number of hydrogen-bond acceptors (Lipinski definition) is 4. The number of carbonyl (C=O) groups is 3. The first-order valence-electron chi connectivity index (χ1n) is 12.9. The number of amides is 4.